The summed E-state index contributed by atoms with van der Waals surface area (Å²) in [6, 6.07) is 7.74. The van der Waals surface area contributed by atoms with Crippen LogP contribution < -0.4 is 9.64 Å². The first-order chi connectivity index (χ1) is 11.6. The second kappa shape index (κ2) is 6.11. The summed E-state index contributed by atoms with van der Waals surface area (Å²) in [4.78, 5) is 29.0. The van der Waals surface area contributed by atoms with Gasteiger partial charge in [0.05, 0.1) is 12.2 Å². The number of nitrogens with zero attached hydrogens (tertiary/aromatic N) is 2. The maximum Gasteiger partial charge on any atom is 0.230 e. The van der Waals surface area contributed by atoms with Gasteiger partial charge in [0, 0.05) is 24.9 Å². The topological polar surface area (TPSA) is 49.9 Å². The van der Waals surface area contributed by atoms with Crippen LogP contribution in [0.2, 0.25) is 0 Å². The Labute approximate surface area is 142 Å². The summed E-state index contributed by atoms with van der Waals surface area (Å²) in [5.74, 6) is 1.53. The monoisotopic (exact) mass is 328 g/mol. The van der Waals surface area contributed by atoms with E-state index in [-0.39, 0.29) is 23.8 Å². The fourth-order valence-electron chi connectivity index (χ4n) is 3.75. The molecule has 2 amide bonds. The molecule has 1 saturated heterocycles. The third-order valence-corrected chi connectivity index (χ3v) is 5.27. The third-order valence-electron chi connectivity index (χ3n) is 5.27. The molecule has 1 saturated carbocycles. The van der Waals surface area contributed by atoms with Crippen molar-refractivity contribution in [1.82, 2.24) is 4.90 Å². The van der Waals surface area contributed by atoms with Crippen LogP contribution in [0.4, 0.5) is 5.69 Å². The first-order valence-corrected chi connectivity index (χ1v) is 8.99. The molecule has 0 spiro atoms. The summed E-state index contributed by atoms with van der Waals surface area (Å²) in [5.41, 5.74) is 0.872. The molecular formula is C19H24N2O3. The van der Waals surface area contributed by atoms with E-state index in [1.165, 1.54) is 0 Å². The zero-order valence-corrected chi connectivity index (χ0v) is 14.1. The van der Waals surface area contributed by atoms with Gasteiger partial charge in [-0.1, -0.05) is 12.1 Å². The van der Waals surface area contributed by atoms with E-state index in [1.807, 2.05) is 41.0 Å². The van der Waals surface area contributed by atoms with Crippen LogP contribution in [0, 0.1) is 11.8 Å². The van der Waals surface area contributed by atoms with Crippen LogP contribution in [0.5, 0.6) is 5.75 Å². The first kappa shape index (κ1) is 15.5. The van der Waals surface area contributed by atoms with Crippen LogP contribution in [-0.4, -0.2) is 42.5 Å². The lowest BCUT2D eigenvalue weighted by molar-refractivity contribution is -0.136. The lowest BCUT2D eigenvalue weighted by Gasteiger charge is -2.38. The average Bonchev–Trinajstić information content (AvgIpc) is 3.45. The molecule has 2 heterocycles. The van der Waals surface area contributed by atoms with Gasteiger partial charge in [0.15, 0.2) is 0 Å². The molecule has 0 N–H and O–H groups in total. The van der Waals surface area contributed by atoms with Crippen molar-refractivity contribution in [3.8, 4) is 5.75 Å². The van der Waals surface area contributed by atoms with E-state index in [2.05, 4.69) is 0 Å². The van der Waals surface area contributed by atoms with Crippen molar-refractivity contribution in [3.63, 3.8) is 0 Å². The van der Waals surface area contributed by atoms with E-state index in [1.54, 1.807) is 0 Å². The Morgan fingerprint density at radius 3 is 2.38 bits per heavy atom. The average molecular weight is 328 g/mol. The highest BCUT2D eigenvalue weighted by Crippen LogP contribution is 2.36. The second-order valence-electron chi connectivity index (χ2n) is 7.22. The van der Waals surface area contributed by atoms with Crippen LogP contribution in [0.25, 0.3) is 0 Å². The maximum absolute atomic E-state index is 13.1. The molecular weight excluding hydrogens is 304 g/mol. The number of fused-ring (bicyclic) bond motifs is 1. The van der Waals surface area contributed by atoms with Gasteiger partial charge < -0.3 is 14.5 Å². The number of hydrogen-bond donors (Lipinski definition) is 0. The number of amides is 2. The number of anilines is 1. The number of piperidine rings is 1. The van der Waals surface area contributed by atoms with Gasteiger partial charge in [-0.15, -0.1) is 0 Å². The minimum absolute atomic E-state index is 0.000355. The molecule has 2 fully saturated rings. The molecule has 4 rings (SSSR count). The molecule has 24 heavy (non-hydrogen) atoms. The fraction of sp³-hybridized carbons (Fsp3) is 0.579. The first-order valence-electron chi connectivity index (χ1n) is 8.99. The van der Waals surface area contributed by atoms with Gasteiger partial charge in [-0.3, -0.25) is 9.59 Å². The molecule has 1 aromatic rings. The standard InChI is InChI=1S/C19H24N2O3/c1-13-12-21(16-4-2-3-5-17(16)24-13)19(23)15-8-10-20(11-9-15)18(22)14-6-7-14/h2-5,13-15H,6-12H2,1H3/t13-/m1/s1. The van der Waals surface area contributed by atoms with Crippen molar-refractivity contribution in [2.75, 3.05) is 24.5 Å². The molecule has 0 unspecified atom stereocenters. The summed E-state index contributed by atoms with van der Waals surface area (Å²) in [7, 11) is 0. The van der Waals surface area contributed by atoms with Gasteiger partial charge >= 0.3 is 0 Å². The SMILES string of the molecule is C[C@@H]1CN(C(=O)C2CCN(C(=O)C3CC3)CC2)c2ccccc2O1. The molecule has 5 nitrogen and oxygen atoms in total. The highest BCUT2D eigenvalue weighted by Gasteiger charge is 2.38. The summed E-state index contributed by atoms with van der Waals surface area (Å²) in [5, 5.41) is 0. The summed E-state index contributed by atoms with van der Waals surface area (Å²) in [6.45, 7) is 4.02. The summed E-state index contributed by atoms with van der Waals surface area (Å²) in [6.07, 6.45) is 3.62. The molecule has 1 atom stereocenters. The second-order valence-corrected chi connectivity index (χ2v) is 7.22. The van der Waals surface area contributed by atoms with Gasteiger partial charge in [0.1, 0.15) is 11.9 Å². The fourth-order valence-corrected chi connectivity index (χ4v) is 3.75. The Morgan fingerprint density at radius 2 is 1.67 bits per heavy atom. The molecule has 0 aromatic heterocycles. The molecule has 1 aromatic carbocycles. The Balaban J connectivity index is 1.44. The number of benzene rings is 1. The lowest BCUT2D eigenvalue weighted by Crippen LogP contribution is -2.48. The Hall–Kier alpha value is -2.04. The summed E-state index contributed by atoms with van der Waals surface area (Å²) >= 11 is 0. The highest BCUT2D eigenvalue weighted by molar-refractivity contribution is 5.97. The molecule has 128 valence electrons. The highest BCUT2D eigenvalue weighted by atomic mass is 16.5. The molecule has 0 bridgehead atoms. The van der Waals surface area contributed by atoms with Gasteiger partial charge in [0.2, 0.25) is 11.8 Å². The molecule has 5 heteroatoms. The van der Waals surface area contributed by atoms with Crippen molar-refractivity contribution in [1.29, 1.82) is 0 Å². The van der Waals surface area contributed by atoms with Crippen LogP contribution in [0.3, 0.4) is 0 Å². The van der Waals surface area contributed by atoms with E-state index in [0.717, 1.165) is 37.1 Å². The van der Waals surface area contributed by atoms with Crippen molar-refractivity contribution >= 4 is 17.5 Å². The maximum atomic E-state index is 13.1. The number of rotatable bonds is 2. The third kappa shape index (κ3) is 2.87. The quantitative estimate of drug-likeness (QED) is 0.838. The number of carbonyl (C=O) groups is 2. The number of hydrogen-bond acceptors (Lipinski definition) is 3. The zero-order valence-electron chi connectivity index (χ0n) is 14.1. The van der Waals surface area contributed by atoms with E-state index in [9.17, 15) is 9.59 Å². The van der Waals surface area contributed by atoms with Gasteiger partial charge in [0.25, 0.3) is 0 Å². The van der Waals surface area contributed by atoms with Gasteiger partial charge in [-0.2, -0.15) is 0 Å². The minimum Gasteiger partial charge on any atom is -0.487 e. The van der Waals surface area contributed by atoms with Crippen molar-refractivity contribution in [3.05, 3.63) is 24.3 Å². The lowest BCUT2D eigenvalue weighted by atomic mass is 9.94. The van der Waals surface area contributed by atoms with Gasteiger partial charge in [-0.25, -0.2) is 0 Å². The summed E-state index contributed by atoms with van der Waals surface area (Å²) < 4.78 is 5.83. The van der Waals surface area contributed by atoms with E-state index in [0.29, 0.717) is 25.5 Å². The molecule has 0 radical (unpaired) electrons. The van der Waals surface area contributed by atoms with Gasteiger partial charge in [-0.05, 0) is 44.7 Å². The zero-order chi connectivity index (χ0) is 16.7. The molecule has 2 aliphatic heterocycles. The Morgan fingerprint density at radius 1 is 1.00 bits per heavy atom. The van der Waals surface area contributed by atoms with Crippen LogP contribution >= 0.6 is 0 Å². The number of carbonyl (C=O) groups excluding carboxylic acids is 2. The van der Waals surface area contributed by atoms with Crippen molar-refractivity contribution < 1.29 is 14.3 Å². The van der Waals surface area contributed by atoms with Crippen molar-refractivity contribution in [2.24, 2.45) is 11.8 Å². The number of ether oxygens (including phenoxy) is 1. The smallest absolute Gasteiger partial charge is 0.230 e. The molecule has 3 aliphatic rings. The number of likely N-dealkylation sites (tertiary alicyclic amines) is 1. The largest absolute Gasteiger partial charge is 0.487 e. The Kier molecular flexibility index (Phi) is 3.94. The van der Waals surface area contributed by atoms with Crippen LogP contribution in [-0.2, 0) is 9.59 Å². The van der Waals surface area contributed by atoms with Crippen LogP contribution in [0.15, 0.2) is 24.3 Å². The van der Waals surface area contributed by atoms with Crippen LogP contribution in [0.1, 0.15) is 32.6 Å². The minimum atomic E-state index is 0.000355. The van der Waals surface area contributed by atoms with E-state index < -0.39 is 0 Å². The van der Waals surface area contributed by atoms with E-state index in [4.69, 9.17) is 4.74 Å². The molecule has 1 aliphatic carbocycles. The predicted octanol–water partition coefficient (Wildman–Crippen LogP) is 2.45. The number of para-hydroxylation sites is 2. The van der Waals surface area contributed by atoms with Crippen molar-refractivity contribution in [2.45, 2.75) is 38.7 Å². The predicted molar refractivity (Wildman–Crippen MR) is 90.9 cm³/mol. The Bertz CT molecular complexity index is 648. The normalized spacial score (nSPS) is 24.3. The van der Waals surface area contributed by atoms with E-state index >= 15 is 0 Å².